The second kappa shape index (κ2) is 25.9. The largest absolute Gasteiger partial charge is 0.502 e. The molecule has 1 heterocycles. The molecule has 1 aromatic heterocycles. The Hall–Kier alpha value is -6.26. The standard InChI is InChI=1S/C37H55N11O11/c1-22(50)43-29(21-49)37(57)46-26(10-4-6-14-39)34(54)42-20-32(52)44-27(17-24-8-7-15-41-19-24)35(55)47-28(16-23-11-12-31(51)30(18-23)48(58)59)36(56)45-25(33(40)53)9-3-2-5-13-38/h7-8,11-12,15,18-19,25-29,49,51H,2-6,9-10,13-14,16-17,20-21,38-39H2,1H3,(H2,40,53)(H,42,54)(H,43,50)(H,44,52)(H,45,56)(H,46,57)(H,47,55)/t25-,26+,27+,28+,29+/m1/s1. The van der Waals surface area contributed by atoms with Crippen molar-refractivity contribution in [3.05, 3.63) is 64.0 Å². The molecule has 0 saturated carbocycles. The minimum Gasteiger partial charge on any atom is -0.502 e. The fourth-order valence-corrected chi connectivity index (χ4v) is 5.76. The minimum absolute atomic E-state index is 0.0958. The Labute approximate surface area is 340 Å². The van der Waals surface area contributed by atoms with Gasteiger partial charge in [0.1, 0.15) is 30.2 Å². The number of hydrogen-bond donors (Lipinski definition) is 11. The zero-order valence-electron chi connectivity index (χ0n) is 32.8. The first kappa shape index (κ1) is 48.9. The van der Waals surface area contributed by atoms with Crippen LogP contribution >= 0.6 is 0 Å². The van der Waals surface area contributed by atoms with Crippen molar-refractivity contribution in [2.45, 2.75) is 94.9 Å². The highest BCUT2D eigenvalue weighted by molar-refractivity contribution is 5.96. The molecule has 0 aliphatic rings. The van der Waals surface area contributed by atoms with Crippen LogP contribution in [0.1, 0.15) is 63.0 Å². The number of amides is 7. The molecule has 0 aliphatic carbocycles. The van der Waals surface area contributed by atoms with Crippen LogP contribution in [0.25, 0.3) is 0 Å². The lowest BCUT2D eigenvalue weighted by Crippen LogP contribution is -2.58. The molecule has 0 radical (unpaired) electrons. The van der Waals surface area contributed by atoms with Gasteiger partial charge in [-0.2, -0.15) is 0 Å². The maximum absolute atomic E-state index is 14.0. The molecule has 1 aromatic carbocycles. The van der Waals surface area contributed by atoms with E-state index >= 15 is 0 Å². The van der Waals surface area contributed by atoms with E-state index in [9.17, 15) is 53.9 Å². The quantitative estimate of drug-likeness (QED) is 0.0246. The highest BCUT2D eigenvalue weighted by atomic mass is 16.6. The summed E-state index contributed by atoms with van der Waals surface area (Å²) in [7, 11) is 0. The molecule has 7 amide bonds. The number of hydrogen-bond acceptors (Lipinski definition) is 14. The predicted octanol–water partition coefficient (Wildman–Crippen LogP) is -2.83. The van der Waals surface area contributed by atoms with Gasteiger partial charge in [0.25, 0.3) is 0 Å². The molecule has 14 N–H and O–H groups in total. The van der Waals surface area contributed by atoms with Gasteiger partial charge in [0.05, 0.1) is 18.1 Å². The second-order valence-corrected chi connectivity index (χ2v) is 13.6. The summed E-state index contributed by atoms with van der Waals surface area (Å²) in [6, 6.07) is 0.00544. The molecule has 2 aromatic rings. The third kappa shape index (κ3) is 17.8. The number of carbonyl (C=O) groups is 7. The molecular formula is C37H55N11O11. The lowest BCUT2D eigenvalue weighted by atomic mass is 10.0. The van der Waals surface area contributed by atoms with E-state index < -0.39 is 101 Å². The van der Waals surface area contributed by atoms with Crippen molar-refractivity contribution in [2.24, 2.45) is 17.2 Å². The van der Waals surface area contributed by atoms with Gasteiger partial charge in [-0.3, -0.25) is 48.7 Å². The number of nitro benzene ring substituents is 1. The number of phenolic OH excluding ortho intramolecular Hbond substituents is 1. The number of unbranched alkanes of at least 4 members (excludes halogenated alkanes) is 3. The topological polar surface area (TPSA) is 366 Å². The van der Waals surface area contributed by atoms with Crippen molar-refractivity contribution in [1.82, 2.24) is 36.9 Å². The number of pyridine rings is 1. The number of primary amides is 1. The number of phenols is 1. The molecule has 59 heavy (non-hydrogen) atoms. The van der Waals surface area contributed by atoms with Gasteiger partial charge in [-0.05, 0) is 68.5 Å². The first-order chi connectivity index (χ1) is 28.1. The van der Waals surface area contributed by atoms with Gasteiger partial charge >= 0.3 is 5.69 Å². The summed E-state index contributed by atoms with van der Waals surface area (Å²) in [5.74, 6) is -6.34. The van der Waals surface area contributed by atoms with E-state index in [0.29, 0.717) is 50.8 Å². The number of aromatic nitrogens is 1. The number of nitrogens with zero attached hydrogens (tertiary/aromatic N) is 2. The first-order valence-corrected chi connectivity index (χ1v) is 19.0. The maximum Gasteiger partial charge on any atom is 0.310 e. The summed E-state index contributed by atoms with van der Waals surface area (Å²) in [5, 5.41) is 45.8. The first-order valence-electron chi connectivity index (χ1n) is 19.0. The molecule has 22 heteroatoms. The third-order valence-electron chi connectivity index (χ3n) is 8.86. The summed E-state index contributed by atoms with van der Waals surface area (Å²) in [6.45, 7) is 0.440. The third-order valence-corrected chi connectivity index (χ3v) is 8.86. The van der Waals surface area contributed by atoms with Crippen molar-refractivity contribution < 1.29 is 48.7 Å². The molecule has 0 spiro atoms. The van der Waals surface area contributed by atoms with Gasteiger partial charge in [-0.25, -0.2) is 0 Å². The highest BCUT2D eigenvalue weighted by Gasteiger charge is 2.31. The van der Waals surface area contributed by atoms with E-state index in [1.807, 2.05) is 0 Å². The van der Waals surface area contributed by atoms with Crippen LogP contribution in [0.3, 0.4) is 0 Å². The Kier molecular flexibility index (Phi) is 21.4. The average molecular weight is 830 g/mol. The van der Waals surface area contributed by atoms with E-state index in [4.69, 9.17) is 17.2 Å². The summed E-state index contributed by atoms with van der Waals surface area (Å²) in [6.07, 6.45) is 5.36. The van der Waals surface area contributed by atoms with Crippen LogP contribution in [0, 0.1) is 10.1 Å². The number of rotatable bonds is 27. The summed E-state index contributed by atoms with van der Waals surface area (Å²) in [5.41, 5.74) is 16.7. The molecule has 0 bridgehead atoms. The molecular weight excluding hydrogens is 774 g/mol. The van der Waals surface area contributed by atoms with E-state index in [-0.39, 0.29) is 31.2 Å². The number of aliphatic hydroxyl groups excluding tert-OH is 1. The summed E-state index contributed by atoms with van der Waals surface area (Å²) >= 11 is 0. The minimum atomic E-state index is -1.50. The number of benzene rings is 1. The molecule has 0 aliphatic heterocycles. The Bertz CT molecular complexity index is 1750. The number of aliphatic hydroxyl groups is 1. The molecule has 0 fully saturated rings. The van der Waals surface area contributed by atoms with E-state index in [0.717, 1.165) is 19.1 Å². The van der Waals surface area contributed by atoms with Crippen molar-refractivity contribution in [2.75, 3.05) is 26.2 Å². The van der Waals surface area contributed by atoms with Crippen LogP contribution in [0.5, 0.6) is 5.75 Å². The number of nitro groups is 1. The molecule has 22 nitrogen and oxygen atoms in total. The molecule has 5 atom stereocenters. The van der Waals surface area contributed by atoms with Gasteiger partial charge in [0.15, 0.2) is 5.75 Å². The smallest absolute Gasteiger partial charge is 0.310 e. The van der Waals surface area contributed by atoms with Crippen LogP contribution in [0.15, 0.2) is 42.7 Å². The van der Waals surface area contributed by atoms with Crippen LogP contribution in [-0.2, 0) is 46.4 Å². The Morgan fingerprint density at radius 2 is 1.32 bits per heavy atom. The fraction of sp³-hybridized carbons (Fsp3) is 0.514. The maximum atomic E-state index is 14.0. The van der Waals surface area contributed by atoms with Crippen molar-refractivity contribution in [3.63, 3.8) is 0 Å². The number of aromatic hydroxyl groups is 1. The fourth-order valence-electron chi connectivity index (χ4n) is 5.76. The van der Waals surface area contributed by atoms with Crippen LogP contribution in [0.4, 0.5) is 5.69 Å². The predicted molar refractivity (Wildman–Crippen MR) is 211 cm³/mol. The molecule has 0 saturated heterocycles. The normalized spacial score (nSPS) is 13.4. The lowest BCUT2D eigenvalue weighted by Gasteiger charge is -2.25. The number of nitrogens with one attached hydrogen (secondary N) is 6. The summed E-state index contributed by atoms with van der Waals surface area (Å²) < 4.78 is 0. The Morgan fingerprint density at radius 3 is 1.92 bits per heavy atom. The van der Waals surface area contributed by atoms with Crippen LogP contribution in [0.2, 0.25) is 0 Å². The van der Waals surface area contributed by atoms with Crippen molar-refractivity contribution in [1.29, 1.82) is 0 Å². The Balaban J connectivity index is 2.35. The number of nitrogens with two attached hydrogens (primary N) is 3. The Morgan fingerprint density at radius 1 is 0.746 bits per heavy atom. The molecule has 2 rings (SSSR count). The van der Waals surface area contributed by atoms with Gasteiger partial charge in [-0.1, -0.05) is 25.0 Å². The van der Waals surface area contributed by atoms with Crippen LogP contribution < -0.4 is 49.1 Å². The second-order valence-electron chi connectivity index (χ2n) is 13.6. The monoisotopic (exact) mass is 829 g/mol. The SMILES string of the molecule is CC(=O)N[C@@H](CO)C(=O)N[C@@H](CCCCN)C(=O)NCC(=O)N[C@@H](Cc1cccnc1)C(=O)N[C@@H](Cc1ccc(O)c([N+](=O)[O-])c1)C(=O)N[C@H](CCCCCN)C(N)=O. The average Bonchev–Trinajstić information content (AvgIpc) is 3.19. The highest BCUT2D eigenvalue weighted by Crippen LogP contribution is 2.27. The van der Waals surface area contributed by atoms with Gasteiger partial charge in [-0.15, -0.1) is 0 Å². The summed E-state index contributed by atoms with van der Waals surface area (Å²) in [4.78, 5) is 106. The molecule has 324 valence electrons. The van der Waals surface area contributed by atoms with E-state index in [1.54, 1.807) is 12.1 Å². The van der Waals surface area contributed by atoms with E-state index in [1.165, 1.54) is 18.5 Å². The zero-order chi connectivity index (χ0) is 43.9. The lowest BCUT2D eigenvalue weighted by molar-refractivity contribution is -0.385. The van der Waals surface area contributed by atoms with Crippen molar-refractivity contribution in [3.8, 4) is 5.75 Å². The molecule has 0 unspecified atom stereocenters. The zero-order valence-corrected chi connectivity index (χ0v) is 32.8. The van der Waals surface area contributed by atoms with Gasteiger partial charge in [0.2, 0.25) is 41.4 Å². The van der Waals surface area contributed by atoms with Crippen molar-refractivity contribution >= 4 is 47.0 Å². The van der Waals surface area contributed by atoms with Gasteiger partial charge in [0, 0.05) is 38.2 Å². The van der Waals surface area contributed by atoms with Crippen LogP contribution in [-0.4, -0.2) is 118 Å². The van der Waals surface area contributed by atoms with Gasteiger partial charge < -0.3 is 59.3 Å². The number of carbonyl (C=O) groups excluding carboxylic acids is 7. The van der Waals surface area contributed by atoms with E-state index in [2.05, 4.69) is 36.9 Å².